The van der Waals surface area contributed by atoms with Gasteiger partial charge in [-0.1, -0.05) is 0 Å². The van der Waals surface area contributed by atoms with E-state index < -0.39 is 18.9 Å². The van der Waals surface area contributed by atoms with E-state index in [0.29, 0.717) is 26.2 Å². The smallest absolute Gasteiger partial charge is 0.319 e. The van der Waals surface area contributed by atoms with Gasteiger partial charge in [0.25, 0.3) is 0 Å². The molecule has 8 heteroatoms. The number of halogens is 4. The van der Waals surface area contributed by atoms with Gasteiger partial charge in [-0.15, -0.1) is 0 Å². The van der Waals surface area contributed by atoms with Gasteiger partial charge < -0.3 is 10.2 Å². The third-order valence-electron chi connectivity index (χ3n) is 3.57. The Labute approximate surface area is 108 Å². The van der Waals surface area contributed by atoms with Gasteiger partial charge in [-0.25, -0.2) is 8.78 Å². The summed E-state index contributed by atoms with van der Waals surface area (Å²) in [6.07, 6.45) is -3.65. The zero-order chi connectivity index (χ0) is 14.0. The second-order valence-electron chi connectivity index (χ2n) is 5.02. The van der Waals surface area contributed by atoms with Gasteiger partial charge >= 0.3 is 12.3 Å². The molecule has 0 spiro atoms. The Balaban J connectivity index is 1.77. The van der Waals surface area contributed by atoms with Crippen molar-refractivity contribution in [2.45, 2.75) is 12.3 Å². The summed E-state index contributed by atoms with van der Waals surface area (Å²) in [4.78, 5) is 14.8. The minimum atomic E-state index is -3.98. The molecule has 2 aliphatic heterocycles. The van der Waals surface area contributed by atoms with E-state index in [-0.39, 0.29) is 24.9 Å². The summed E-state index contributed by atoms with van der Waals surface area (Å²) in [5.41, 5.74) is 0. The highest BCUT2D eigenvalue weighted by molar-refractivity contribution is 5.80. The molecule has 0 atom stereocenters. The van der Waals surface area contributed by atoms with Gasteiger partial charge in [-0.2, -0.15) is 8.78 Å². The van der Waals surface area contributed by atoms with Crippen LogP contribution >= 0.6 is 0 Å². The number of rotatable bonds is 4. The zero-order valence-corrected chi connectivity index (χ0v) is 10.4. The predicted molar refractivity (Wildman–Crippen MR) is 60.3 cm³/mol. The van der Waals surface area contributed by atoms with Crippen LogP contribution in [0.2, 0.25) is 0 Å². The molecule has 2 fully saturated rings. The van der Waals surface area contributed by atoms with Crippen LogP contribution in [0.4, 0.5) is 17.6 Å². The van der Waals surface area contributed by atoms with Crippen molar-refractivity contribution < 1.29 is 22.4 Å². The minimum Gasteiger partial charge on any atom is -0.340 e. The fourth-order valence-corrected chi connectivity index (χ4v) is 2.22. The number of alkyl halides is 4. The van der Waals surface area contributed by atoms with Crippen LogP contribution in [-0.2, 0) is 4.79 Å². The van der Waals surface area contributed by atoms with E-state index in [1.807, 2.05) is 0 Å². The summed E-state index contributed by atoms with van der Waals surface area (Å²) in [5, 5.41) is 2.99. The van der Waals surface area contributed by atoms with E-state index in [4.69, 9.17) is 0 Å². The van der Waals surface area contributed by atoms with Crippen molar-refractivity contribution in [2.24, 2.45) is 5.92 Å². The summed E-state index contributed by atoms with van der Waals surface area (Å²) >= 11 is 0. The zero-order valence-electron chi connectivity index (χ0n) is 10.4. The van der Waals surface area contributed by atoms with Gasteiger partial charge in [-0.05, 0) is 0 Å². The highest BCUT2D eigenvalue weighted by Gasteiger charge is 2.43. The molecule has 2 rings (SSSR count). The largest absolute Gasteiger partial charge is 0.340 e. The van der Waals surface area contributed by atoms with Gasteiger partial charge in [0, 0.05) is 39.3 Å². The number of carbonyl (C=O) groups is 1. The summed E-state index contributed by atoms with van der Waals surface area (Å²) in [5.74, 6) is -3.97. The average molecular weight is 283 g/mol. The topological polar surface area (TPSA) is 35.6 Å². The van der Waals surface area contributed by atoms with Crippen molar-refractivity contribution in [1.29, 1.82) is 0 Å². The summed E-state index contributed by atoms with van der Waals surface area (Å²) in [6.45, 7) is 1.45. The maximum absolute atomic E-state index is 12.9. The maximum atomic E-state index is 12.9. The first-order valence-corrected chi connectivity index (χ1v) is 6.28. The van der Waals surface area contributed by atoms with Crippen LogP contribution in [-0.4, -0.2) is 73.9 Å². The molecule has 0 unspecified atom stereocenters. The number of amides is 1. The van der Waals surface area contributed by atoms with Crippen LogP contribution < -0.4 is 5.32 Å². The molecule has 0 radical (unpaired) electrons. The van der Waals surface area contributed by atoms with E-state index in [0.717, 1.165) is 0 Å². The molecule has 1 N–H and O–H groups in total. The van der Waals surface area contributed by atoms with Crippen molar-refractivity contribution in [3.63, 3.8) is 0 Å². The van der Waals surface area contributed by atoms with E-state index in [1.165, 1.54) is 4.90 Å². The Bertz CT molecular complexity index is 328. The van der Waals surface area contributed by atoms with Crippen LogP contribution in [0.3, 0.4) is 0 Å². The van der Waals surface area contributed by atoms with E-state index in [2.05, 4.69) is 5.32 Å². The molecule has 0 bridgehead atoms. The lowest BCUT2D eigenvalue weighted by Gasteiger charge is -2.39. The number of hydrogen-bond donors (Lipinski definition) is 1. The second-order valence-corrected chi connectivity index (χ2v) is 5.02. The molecule has 110 valence electrons. The molecule has 2 heterocycles. The third kappa shape index (κ3) is 3.36. The fourth-order valence-electron chi connectivity index (χ4n) is 2.22. The van der Waals surface area contributed by atoms with Crippen molar-refractivity contribution in [3.8, 4) is 0 Å². The first kappa shape index (κ1) is 14.5. The number of nitrogens with one attached hydrogen (secondary N) is 1. The second kappa shape index (κ2) is 5.62. The number of hydrogen-bond acceptors (Lipinski definition) is 3. The highest BCUT2D eigenvalue weighted by atomic mass is 19.3. The molecule has 2 saturated heterocycles. The molecular formula is C11H17F4N3O. The third-order valence-corrected chi connectivity index (χ3v) is 3.57. The monoisotopic (exact) mass is 283 g/mol. The lowest BCUT2D eigenvalue weighted by atomic mass is 10.0. The van der Waals surface area contributed by atoms with E-state index in [1.54, 1.807) is 4.90 Å². The number of carbonyl (C=O) groups excluding carboxylic acids is 1. The van der Waals surface area contributed by atoms with Crippen molar-refractivity contribution in [3.05, 3.63) is 0 Å². The van der Waals surface area contributed by atoms with Gasteiger partial charge in [-0.3, -0.25) is 9.69 Å². The predicted octanol–water partition coefficient (Wildman–Crippen LogP) is 0.250. The molecule has 4 nitrogen and oxygen atoms in total. The summed E-state index contributed by atoms with van der Waals surface area (Å²) in [6, 6.07) is 0. The Morgan fingerprint density at radius 3 is 2.21 bits per heavy atom. The Hall–Kier alpha value is -0.890. The van der Waals surface area contributed by atoms with Gasteiger partial charge in [0.05, 0.1) is 12.5 Å². The Kier molecular flexibility index (Phi) is 4.29. The number of piperazine rings is 1. The quantitative estimate of drug-likeness (QED) is 0.751. The fraction of sp³-hybridized carbons (Fsp3) is 0.909. The molecular weight excluding hydrogens is 266 g/mol. The van der Waals surface area contributed by atoms with Gasteiger partial charge in [0.2, 0.25) is 5.91 Å². The van der Waals surface area contributed by atoms with Crippen LogP contribution in [0.25, 0.3) is 0 Å². The SMILES string of the molecule is O=C(C1CNC1)N1CCN(CC(F)(F)C(F)F)CC1. The van der Waals surface area contributed by atoms with Gasteiger partial charge in [0.1, 0.15) is 0 Å². The molecule has 2 aliphatic rings. The van der Waals surface area contributed by atoms with E-state index in [9.17, 15) is 22.4 Å². The lowest BCUT2D eigenvalue weighted by molar-refractivity contribution is -0.150. The standard InChI is InChI=1S/C11H17F4N3O/c12-10(13)11(14,15)7-17-1-3-18(4-2-17)9(19)8-5-16-6-8/h8,10,16H,1-7H2. The van der Waals surface area contributed by atoms with Crippen LogP contribution in [0.15, 0.2) is 0 Å². The first-order chi connectivity index (χ1) is 8.90. The maximum Gasteiger partial charge on any atom is 0.319 e. The molecule has 0 aromatic heterocycles. The van der Waals surface area contributed by atoms with Gasteiger partial charge in [0.15, 0.2) is 0 Å². The molecule has 0 aromatic rings. The molecule has 19 heavy (non-hydrogen) atoms. The average Bonchev–Trinajstić information content (AvgIpc) is 2.26. The van der Waals surface area contributed by atoms with E-state index >= 15 is 0 Å². The molecule has 0 aliphatic carbocycles. The van der Waals surface area contributed by atoms with Crippen LogP contribution in [0, 0.1) is 5.92 Å². The van der Waals surface area contributed by atoms with Crippen LogP contribution in [0.5, 0.6) is 0 Å². The Morgan fingerprint density at radius 1 is 1.21 bits per heavy atom. The molecule has 0 aromatic carbocycles. The summed E-state index contributed by atoms with van der Waals surface area (Å²) < 4.78 is 50.0. The Morgan fingerprint density at radius 2 is 1.79 bits per heavy atom. The molecule has 0 saturated carbocycles. The van der Waals surface area contributed by atoms with Crippen molar-refractivity contribution in [2.75, 3.05) is 45.8 Å². The minimum absolute atomic E-state index is 0.0194. The summed E-state index contributed by atoms with van der Waals surface area (Å²) in [7, 11) is 0. The van der Waals surface area contributed by atoms with Crippen molar-refractivity contribution in [1.82, 2.24) is 15.1 Å². The number of nitrogens with zero attached hydrogens (tertiary/aromatic N) is 2. The van der Waals surface area contributed by atoms with Crippen molar-refractivity contribution >= 4 is 5.91 Å². The highest BCUT2D eigenvalue weighted by Crippen LogP contribution is 2.24. The van der Waals surface area contributed by atoms with Crippen LogP contribution in [0.1, 0.15) is 0 Å². The lowest BCUT2D eigenvalue weighted by Crippen LogP contribution is -2.57. The first-order valence-electron chi connectivity index (χ1n) is 6.28. The molecule has 1 amide bonds. The normalized spacial score (nSPS) is 22.7.